The van der Waals surface area contributed by atoms with Crippen molar-refractivity contribution >= 4 is 22.8 Å². The standard InChI is InChI=1S/C13H17N2S.H2I/c1-2-16-11-10-15-13(16)8-9-14-12-6-4-3-5-7-12;/h3-9,15H,2,10-11H2,1H3;1H2/q2*+1. The Bertz CT molecular complexity index is 390. The Morgan fingerprint density at radius 3 is 2.82 bits per heavy atom. The van der Waals surface area contributed by atoms with Gasteiger partial charge in [-0.15, -0.1) is 0 Å². The zero-order valence-electron chi connectivity index (χ0n) is 9.97. The third-order valence-electron chi connectivity index (χ3n) is 2.51. The molecule has 1 aliphatic rings. The summed E-state index contributed by atoms with van der Waals surface area (Å²) in [6.07, 6.45) is 4.02. The zero-order chi connectivity index (χ0) is 11.2. The fourth-order valence-electron chi connectivity index (χ4n) is 1.67. The Kier molecular flexibility index (Phi) is 6.65. The van der Waals surface area contributed by atoms with Gasteiger partial charge in [-0.25, -0.2) is 0 Å². The average molecular weight is 362 g/mol. The summed E-state index contributed by atoms with van der Waals surface area (Å²) in [4.78, 5) is 4.40. The maximum atomic E-state index is 4.40. The van der Waals surface area contributed by atoms with E-state index in [1.807, 2.05) is 36.5 Å². The number of hydrogen-bond donors (Lipinski definition) is 1. The topological polar surface area (TPSA) is 24.4 Å². The second-order valence-electron chi connectivity index (χ2n) is 3.56. The molecule has 1 aliphatic heterocycles. The van der Waals surface area contributed by atoms with Crippen molar-refractivity contribution in [2.24, 2.45) is 4.99 Å². The number of aliphatic imine (C=N–C) groups is 1. The van der Waals surface area contributed by atoms with Crippen LogP contribution in [0.4, 0.5) is 5.69 Å². The number of hydrogen-bond acceptors (Lipinski definition) is 2. The molecular formula is C13H19IN2S+2. The number of rotatable bonds is 3. The Morgan fingerprint density at radius 1 is 1.35 bits per heavy atom. The molecule has 1 N–H and O–H groups in total. The Hall–Kier alpha value is -0.490. The monoisotopic (exact) mass is 362 g/mol. The van der Waals surface area contributed by atoms with E-state index < -0.39 is 0 Å². The van der Waals surface area contributed by atoms with Gasteiger partial charge in [0.25, 0.3) is 0 Å². The molecule has 1 atom stereocenters. The van der Waals surface area contributed by atoms with E-state index >= 15 is 0 Å². The predicted octanol–water partition coefficient (Wildman–Crippen LogP) is -1.06. The molecule has 4 heteroatoms. The Balaban J connectivity index is 0.00000144. The molecule has 0 bridgehead atoms. The van der Waals surface area contributed by atoms with Crippen molar-refractivity contribution in [3.8, 4) is 0 Å². The fourth-order valence-corrected chi connectivity index (χ4v) is 3.40. The highest BCUT2D eigenvalue weighted by molar-refractivity contribution is 8.00. The highest BCUT2D eigenvalue weighted by Gasteiger charge is 2.27. The average Bonchev–Trinajstić information content (AvgIpc) is 2.78. The fraction of sp³-hybridized carbons (Fsp3) is 0.308. The molecule has 0 radical (unpaired) electrons. The molecule has 0 aliphatic carbocycles. The maximum Gasteiger partial charge on any atom is 0.235 e. The van der Waals surface area contributed by atoms with Crippen LogP contribution >= 0.6 is 0 Å². The molecule has 2 nitrogen and oxygen atoms in total. The van der Waals surface area contributed by atoms with Gasteiger partial charge in [0.05, 0.1) is 12.2 Å². The number of allylic oxidation sites excluding steroid dienone is 1. The van der Waals surface area contributed by atoms with Crippen molar-refractivity contribution in [1.29, 1.82) is 0 Å². The van der Waals surface area contributed by atoms with Crippen LogP contribution in [0.2, 0.25) is 0 Å². The Morgan fingerprint density at radius 2 is 2.12 bits per heavy atom. The minimum atomic E-state index is 0. The van der Waals surface area contributed by atoms with Crippen LogP contribution in [0.15, 0.2) is 46.4 Å². The number of para-hydroxylation sites is 1. The van der Waals surface area contributed by atoms with E-state index in [0.29, 0.717) is 10.9 Å². The van der Waals surface area contributed by atoms with Crippen LogP contribution in [-0.2, 0) is 10.9 Å². The van der Waals surface area contributed by atoms with Crippen molar-refractivity contribution in [1.82, 2.24) is 5.32 Å². The van der Waals surface area contributed by atoms with Gasteiger partial charge in [0, 0.05) is 23.2 Å². The number of nitrogens with zero attached hydrogens (tertiary/aromatic N) is 1. The third-order valence-corrected chi connectivity index (χ3v) is 4.81. The molecule has 1 fully saturated rings. The summed E-state index contributed by atoms with van der Waals surface area (Å²) in [6, 6.07) is 10.0. The van der Waals surface area contributed by atoms with Gasteiger partial charge >= 0.3 is 0 Å². The molecule has 1 saturated heterocycles. The first-order valence-electron chi connectivity index (χ1n) is 5.61. The van der Waals surface area contributed by atoms with E-state index in [4.69, 9.17) is 0 Å². The van der Waals surface area contributed by atoms with Gasteiger partial charge in [-0.1, -0.05) is 18.2 Å². The van der Waals surface area contributed by atoms with Crippen molar-refractivity contribution < 1.29 is 24.0 Å². The molecule has 1 heterocycles. The van der Waals surface area contributed by atoms with Crippen molar-refractivity contribution in [2.75, 3.05) is 18.1 Å². The highest BCUT2D eigenvalue weighted by Crippen LogP contribution is 2.14. The predicted molar refractivity (Wildman–Crippen MR) is 76.2 cm³/mol. The van der Waals surface area contributed by atoms with E-state index in [9.17, 15) is 0 Å². The lowest BCUT2D eigenvalue weighted by molar-refractivity contribution is -0.00000329. The molecule has 2 rings (SSSR count). The highest BCUT2D eigenvalue weighted by atomic mass is 127. The smallest absolute Gasteiger partial charge is 0.235 e. The lowest BCUT2D eigenvalue weighted by atomic mass is 10.3. The van der Waals surface area contributed by atoms with Gasteiger partial charge < -0.3 is 5.32 Å². The first kappa shape index (κ1) is 14.6. The maximum absolute atomic E-state index is 4.40. The molecule has 1 aromatic carbocycles. The normalized spacial score (nSPS) is 21.5. The van der Waals surface area contributed by atoms with Crippen molar-refractivity contribution in [2.45, 2.75) is 6.92 Å². The number of benzene rings is 1. The molecule has 1 unspecified atom stereocenters. The number of nitrogens with one attached hydrogen (secondary N) is 1. The summed E-state index contributed by atoms with van der Waals surface area (Å²) in [7, 11) is 0.429. The first-order chi connectivity index (χ1) is 7.90. The van der Waals surface area contributed by atoms with E-state index in [0.717, 1.165) is 12.2 Å². The van der Waals surface area contributed by atoms with Gasteiger partial charge in [-0.2, -0.15) is 0 Å². The van der Waals surface area contributed by atoms with Gasteiger partial charge in [0.2, 0.25) is 29.0 Å². The molecule has 17 heavy (non-hydrogen) atoms. The van der Waals surface area contributed by atoms with Crippen LogP contribution in [0.3, 0.4) is 0 Å². The summed E-state index contributed by atoms with van der Waals surface area (Å²) in [5.74, 6) is 2.51. The second kappa shape index (κ2) is 7.76. The van der Waals surface area contributed by atoms with Crippen molar-refractivity contribution in [3.05, 3.63) is 41.4 Å². The van der Waals surface area contributed by atoms with E-state index in [2.05, 4.69) is 23.3 Å². The summed E-state index contributed by atoms with van der Waals surface area (Å²) in [6.45, 7) is 3.36. The first-order valence-corrected chi connectivity index (χ1v) is 7.17. The largest absolute Gasteiger partial charge is 0.341 e. The molecule has 0 aromatic heterocycles. The summed E-state index contributed by atoms with van der Waals surface area (Å²) >= 11 is 0. The zero-order valence-corrected chi connectivity index (χ0v) is 13.3. The molecular weight excluding hydrogens is 343 g/mol. The van der Waals surface area contributed by atoms with E-state index in [1.54, 1.807) is 0 Å². The molecule has 0 spiro atoms. The van der Waals surface area contributed by atoms with Crippen molar-refractivity contribution in [3.63, 3.8) is 0 Å². The molecule has 0 amide bonds. The molecule has 92 valence electrons. The van der Waals surface area contributed by atoms with Gasteiger partial charge in [-0.05, 0) is 19.1 Å². The van der Waals surface area contributed by atoms with E-state index in [-0.39, 0.29) is 24.0 Å². The van der Waals surface area contributed by atoms with Gasteiger partial charge in [0.1, 0.15) is 11.5 Å². The van der Waals surface area contributed by atoms with Gasteiger partial charge in [0.15, 0.2) is 0 Å². The van der Waals surface area contributed by atoms with E-state index in [1.165, 1.54) is 16.5 Å². The van der Waals surface area contributed by atoms with Crippen LogP contribution in [0.5, 0.6) is 0 Å². The van der Waals surface area contributed by atoms with Gasteiger partial charge in [-0.3, -0.25) is 4.99 Å². The summed E-state index contributed by atoms with van der Waals surface area (Å²) in [5.41, 5.74) is 1.01. The minimum absolute atomic E-state index is 0. The summed E-state index contributed by atoms with van der Waals surface area (Å²) < 4.78 is 0. The minimum Gasteiger partial charge on any atom is -0.341 e. The SMILES string of the molecule is CC[S+]1CCNC1=CC=Nc1ccccc1.[IH2+]. The van der Waals surface area contributed by atoms with Crippen LogP contribution in [0.25, 0.3) is 0 Å². The second-order valence-corrected chi connectivity index (χ2v) is 5.97. The quantitative estimate of drug-likeness (QED) is 0.414. The Labute approximate surface area is 123 Å². The van der Waals surface area contributed by atoms with Crippen LogP contribution in [0.1, 0.15) is 6.92 Å². The lowest BCUT2D eigenvalue weighted by Crippen LogP contribution is -3.00. The van der Waals surface area contributed by atoms with Crippen LogP contribution in [-0.4, -0.2) is 24.3 Å². The molecule has 0 saturated carbocycles. The third kappa shape index (κ3) is 4.35. The molecule has 1 aromatic rings. The number of halogens is 1. The van der Waals surface area contributed by atoms with Crippen LogP contribution < -0.4 is 29.3 Å². The van der Waals surface area contributed by atoms with Crippen LogP contribution in [0, 0.1) is 0 Å². The summed E-state index contributed by atoms with van der Waals surface area (Å²) in [5, 5.41) is 4.79. The lowest BCUT2D eigenvalue weighted by Gasteiger charge is -1.95.